The van der Waals surface area contributed by atoms with Gasteiger partial charge in [0.05, 0.1) is 12.3 Å². The van der Waals surface area contributed by atoms with Crippen molar-refractivity contribution in [3.05, 3.63) is 18.1 Å². The minimum absolute atomic E-state index is 0.675. The Morgan fingerprint density at radius 2 is 2.25 bits per heavy atom. The van der Waals surface area contributed by atoms with Crippen molar-refractivity contribution in [2.45, 2.75) is 26.2 Å². The third kappa shape index (κ3) is 4.42. The lowest BCUT2D eigenvalue weighted by molar-refractivity contribution is 0.0916. The zero-order valence-corrected chi connectivity index (χ0v) is 12.6. The number of nitrogens with one attached hydrogen (secondary N) is 1. The van der Waals surface area contributed by atoms with Crippen molar-refractivity contribution in [3.8, 4) is 0 Å². The third-order valence-corrected chi connectivity index (χ3v) is 3.85. The molecule has 1 aliphatic heterocycles. The molecule has 0 bridgehead atoms. The molecule has 0 radical (unpaired) electrons. The van der Waals surface area contributed by atoms with Crippen molar-refractivity contribution in [2.75, 3.05) is 45.2 Å². The van der Waals surface area contributed by atoms with E-state index in [0.717, 1.165) is 44.2 Å². The Bertz CT molecular complexity index is 399. The lowest BCUT2D eigenvalue weighted by Gasteiger charge is -2.32. The molecule has 1 saturated heterocycles. The van der Waals surface area contributed by atoms with Gasteiger partial charge in [-0.05, 0) is 38.6 Å². The third-order valence-electron chi connectivity index (χ3n) is 3.85. The molecule has 5 heteroatoms. The molecule has 5 nitrogen and oxygen atoms in total. The fourth-order valence-corrected chi connectivity index (χ4v) is 2.86. The zero-order valence-electron chi connectivity index (χ0n) is 12.6. The summed E-state index contributed by atoms with van der Waals surface area (Å²) in [5, 5.41) is 3.13. The normalized spacial score (nSPS) is 20.0. The second kappa shape index (κ2) is 8.17. The van der Waals surface area contributed by atoms with Gasteiger partial charge in [0.15, 0.2) is 0 Å². The maximum Gasteiger partial charge on any atom is 0.147 e. The minimum Gasteiger partial charge on any atom is -0.380 e. The highest BCUT2D eigenvalue weighted by Gasteiger charge is 2.21. The molecule has 2 rings (SSSR count). The van der Waals surface area contributed by atoms with Crippen LogP contribution in [0.15, 0.2) is 12.4 Å². The van der Waals surface area contributed by atoms with Crippen LogP contribution in [0.3, 0.4) is 0 Å². The summed E-state index contributed by atoms with van der Waals surface area (Å²) in [6, 6.07) is 0. The minimum atomic E-state index is 0.675. The topological polar surface area (TPSA) is 50.3 Å². The summed E-state index contributed by atoms with van der Waals surface area (Å²) in [7, 11) is 1.91. The van der Waals surface area contributed by atoms with Gasteiger partial charge < -0.3 is 15.0 Å². The Hall–Kier alpha value is -1.20. The molecule has 112 valence electrons. The molecular formula is C15H26N4O. The van der Waals surface area contributed by atoms with Gasteiger partial charge in [-0.25, -0.2) is 4.98 Å². The average Bonchev–Trinajstić information content (AvgIpc) is 2.48. The van der Waals surface area contributed by atoms with Crippen LogP contribution in [-0.4, -0.2) is 54.8 Å². The van der Waals surface area contributed by atoms with Crippen LogP contribution in [0.2, 0.25) is 0 Å². The number of anilines is 1. The van der Waals surface area contributed by atoms with Crippen LogP contribution in [0.5, 0.6) is 0 Å². The molecule has 0 amide bonds. The predicted molar refractivity (Wildman–Crippen MR) is 80.9 cm³/mol. The molecule has 1 N–H and O–H groups in total. The highest BCUT2D eigenvalue weighted by atomic mass is 16.5. The monoisotopic (exact) mass is 278 g/mol. The fourth-order valence-electron chi connectivity index (χ4n) is 2.86. The van der Waals surface area contributed by atoms with Crippen LogP contribution in [-0.2, 0) is 11.2 Å². The lowest BCUT2D eigenvalue weighted by Crippen LogP contribution is -2.38. The van der Waals surface area contributed by atoms with Gasteiger partial charge in [0.25, 0.3) is 0 Å². The first kappa shape index (κ1) is 15.2. The van der Waals surface area contributed by atoms with Gasteiger partial charge in [0.1, 0.15) is 5.82 Å². The molecule has 1 aromatic rings. The van der Waals surface area contributed by atoms with Gasteiger partial charge in [-0.1, -0.05) is 0 Å². The molecule has 1 aliphatic rings. The highest BCUT2D eigenvalue weighted by molar-refractivity contribution is 5.38. The van der Waals surface area contributed by atoms with E-state index in [1.54, 1.807) is 12.4 Å². The summed E-state index contributed by atoms with van der Waals surface area (Å²) in [5.74, 6) is 1.59. The molecule has 1 fully saturated rings. The molecule has 0 aromatic carbocycles. The zero-order chi connectivity index (χ0) is 14.2. The molecule has 0 saturated carbocycles. The van der Waals surface area contributed by atoms with E-state index in [9.17, 15) is 0 Å². The van der Waals surface area contributed by atoms with Gasteiger partial charge in [0.2, 0.25) is 0 Å². The molecule has 1 atom stereocenters. The quantitative estimate of drug-likeness (QED) is 0.771. The number of hydrogen-bond donors (Lipinski definition) is 1. The molecule has 0 aliphatic carbocycles. The molecule has 1 aromatic heterocycles. The smallest absolute Gasteiger partial charge is 0.147 e. The molecule has 0 spiro atoms. The molecule has 1 unspecified atom stereocenters. The summed E-state index contributed by atoms with van der Waals surface area (Å²) >= 11 is 0. The van der Waals surface area contributed by atoms with E-state index in [-0.39, 0.29) is 0 Å². The summed E-state index contributed by atoms with van der Waals surface area (Å²) in [6.07, 6.45) is 7.09. The van der Waals surface area contributed by atoms with E-state index in [0.29, 0.717) is 5.92 Å². The van der Waals surface area contributed by atoms with Gasteiger partial charge in [-0.15, -0.1) is 0 Å². The Kier molecular flexibility index (Phi) is 6.21. The van der Waals surface area contributed by atoms with E-state index < -0.39 is 0 Å². The van der Waals surface area contributed by atoms with Crippen LogP contribution in [0.25, 0.3) is 0 Å². The summed E-state index contributed by atoms with van der Waals surface area (Å²) in [4.78, 5) is 11.3. The first-order valence-electron chi connectivity index (χ1n) is 7.61. The second-order valence-electron chi connectivity index (χ2n) is 5.31. The van der Waals surface area contributed by atoms with Crippen LogP contribution >= 0.6 is 0 Å². The number of rotatable bonds is 7. The summed E-state index contributed by atoms with van der Waals surface area (Å²) in [5.41, 5.74) is 1.09. The van der Waals surface area contributed by atoms with E-state index in [2.05, 4.69) is 20.2 Å². The van der Waals surface area contributed by atoms with E-state index in [4.69, 9.17) is 4.74 Å². The van der Waals surface area contributed by atoms with Gasteiger partial charge in [-0.3, -0.25) is 4.98 Å². The highest BCUT2D eigenvalue weighted by Crippen LogP contribution is 2.22. The molecule has 20 heavy (non-hydrogen) atoms. The summed E-state index contributed by atoms with van der Waals surface area (Å²) < 4.78 is 5.45. The van der Waals surface area contributed by atoms with E-state index >= 15 is 0 Å². The van der Waals surface area contributed by atoms with Crippen LogP contribution in [0, 0.1) is 5.92 Å². The Morgan fingerprint density at radius 1 is 1.40 bits per heavy atom. The Labute approximate surface area is 121 Å². The van der Waals surface area contributed by atoms with Crippen molar-refractivity contribution < 1.29 is 4.74 Å². The summed E-state index contributed by atoms with van der Waals surface area (Å²) in [6.45, 7) is 7.09. The van der Waals surface area contributed by atoms with Gasteiger partial charge in [-0.2, -0.15) is 0 Å². The number of likely N-dealkylation sites (tertiary alicyclic amines) is 1. The number of aromatic nitrogens is 2. The van der Waals surface area contributed by atoms with Crippen molar-refractivity contribution in [3.63, 3.8) is 0 Å². The number of ether oxygens (including phenoxy) is 1. The SMILES string of the molecule is CCOCCN1CCCC(Cc2nccnc2NC)C1. The average molecular weight is 278 g/mol. The largest absolute Gasteiger partial charge is 0.380 e. The van der Waals surface area contributed by atoms with Crippen molar-refractivity contribution in [1.29, 1.82) is 0 Å². The molecular weight excluding hydrogens is 252 g/mol. The van der Waals surface area contributed by atoms with Crippen molar-refractivity contribution in [1.82, 2.24) is 14.9 Å². The standard InChI is InChI=1S/C15H26N4O/c1-3-20-10-9-19-8-4-5-13(12-19)11-14-15(16-2)18-7-6-17-14/h6-7,13H,3-5,8-12H2,1-2H3,(H,16,18). The van der Waals surface area contributed by atoms with Crippen molar-refractivity contribution in [2.24, 2.45) is 5.92 Å². The maximum atomic E-state index is 5.45. The van der Waals surface area contributed by atoms with Gasteiger partial charge >= 0.3 is 0 Å². The predicted octanol–water partition coefficient (Wildman–Crippen LogP) is 1.81. The number of nitrogens with zero attached hydrogens (tertiary/aromatic N) is 3. The number of hydrogen-bond acceptors (Lipinski definition) is 5. The Morgan fingerprint density at radius 3 is 3.05 bits per heavy atom. The van der Waals surface area contributed by atoms with E-state index in [1.165, 1.54) is 19.4 Å². The fraction of sp³-hybridized carbons (Fsp3) is 0.733. The first-order valence-corrected chi connectivity index (χ1v) is 7.61. The van der Waals surface area contributed by atoms with E-state index in [1.807, 2.05) is 14.0 Å². The van der Waals surface area contributed by atoms with Crippen LogP contribution in [0.4, 0.5) is 5.82 Å². The Balaban J connectivity index is 1.86. The number of piperidine rings is 1. The second-order valence-corrected chi connectivity index (χ2v) is 5.31. The maximum absolute atomic E-state index is 5.45. The van der Waals surface area contributed by atoms with Crippen LogP contribution in [0.1, 0.15) is 25.5 Å². The van der Waals surface area contributed by atoms with Gasteiger partial charge in [0, 0.05) is 39.1 Å². The first-order chi connectivity index (χ1) is 9.83. The molecule has 2 heterocycles. The lowest BCUT2D eigenvalue weighted by atomic mass is 9.93. The van der Waals surface area contributed by atoms with Crippen molar-refractivity contribution >= 4 is 5.82 Å². The van der Waals surface area contributed by atoms with Crippen LogP contribution < -0.4 is 5.32 Å².